The second-order valence-corrected chi connectivity index (χ2v) is 4.14. The van der Waals surface area contributed by atoms with Crippen LogP contribution in [0.1, 0.15) is 30.0 Å². The van der Waals surface area contributed by atoms with Crippen LogP contribution >= 0.6 is 0 Å². The van der Waals surface area contributed by atoms with Gasteiger partial charge in [0.1, 0.15) is 5.82 Å². The highest BCUT2D eigenvalue weighted by molar-refractivity contribution is 5.32. The lowest BCUT2D eigenvalue weighted by atomic mass is 10.1. The zero-order valence-electron chi connectivity index (χ0n) is 10.6. The van der Waals surface area contributed by atoms with Gasteiger partial charge in [0.2, 0.25) is 5.88 Å². The Labute approximate surface area is 102 Å². The third-order valence-corrected chi connectivity index (χ3v) is 3.07. The minimum absolute atomic E-state index is 0.123. The number of hydrogen-bond donors (Lipinski definition) is 1. The summed E-state index contributed by atoms with van der Waals surface area (Å²) in [6.45, 7) is 3.47. The predicted octanol–water partition coefficient (Wildman–Crippen LogP) is 0.881. The first-order chi connectivity index (χ1) is 8.26. The van der Waals surface area contributed by atoms with Crippen molar-refractivity contribution in [1.29, 1.82) is 0 Å². The van der Waals surface area contributed by atoms with Gasteiger partial charge in [0.15, 0.2) is 0 Å². The zero-order valence-corrected chi connectivity index (χ0v) is 10.6. The Balaban J connectivity index is 2.43. The van der Waals surface area contributed by atoms with Crippen LogP contribution in [0.2, 0.25) is 0 Å². The molecule has 0 saturated heterocycles. The highest BCUT2D eigenvalue weighted by Gasteiger charge is 2.19. The van der Waals surface area contributed by atoms with Crippen LogP contribution in [-0.2, 0) is 17.6 Å². The molecule has 1 aromatic heterocycles. The molecule has 0 fully saturated rings. The molecule has 1 aromatic rings. The van der Waals surface area contributed by atoms with Crippen molar-refractivity contribution in [3.05, 3.63) is 17.1 Å². The Kier molecular flexibility index (Phi) is 3.91. The molecule has 0 amide bonds. The van der Waals surface area contributed by atoms with E-state index < -0.39 is 0 Å². The van der Waals surface area contributed by atoms with Gasteiger partial charge < -0.3 is 14.8 Å². The first-order valence-electron chi connectivity index (χ1n) is 5.95. The predicted molar refractivity (Wildman–Crippen MR) is 64.3 cm³/mol. The van der Waals surface area contributed by atoms with Gasteiger partial charge in [0.05, 0.1) is 32.1 Å². The van der Waals surface area contributed by atoms with Crippen LogP contribution in [0, 0.1) is 0 Å². The molecular formula is C12H19N3O2. The fraction of sp³-hybridized carbons (Fsp3) is 0.667. The van der Waals surface area contributed by atoms with Gasteiger partial charge in [0.25, 0.3) is 0 Å². The average molecular weight is 237 g/mol. The summed E-state index contributed by atoms with van der Waals surface area (Å²) >= 11 is 0. The summed E-state index contributed by atoms with van der Waals surface area (Å²) in [5, 5.41) is 3.14. The normalized spacial score (nSPS) is 17.1. The smallest absolute Gasteiger partial charge is 0.220 e. The highest BCUT2D eigenvalue weighted by Crippen LogP contribution is 2.24. The first kappa shape index (κ1) is 12.3. The molecule has 5 nitrogen and oxygen atoms in total. The summed E-state index contributed by atoms with van der Waals surface area (Å²) in [7, 11) is 3.55. The van der Waals surface area contributed by atoms with E-state index in [1.54, 1.807) is 7.11 Å². The molecule has 0 spiro atoms. The number of aromatic nitrogens is 2. The maximum atomic E-state index is 5.46. The van der Waals surface area contributed by atoms with Crippen LogP contribution in [0.5, 0.6) is 5.88 Å². The van der Waals surface area contributed by atoms with E-state index in [4.69, 9.17) is 9.47 Å². The summed E-state index contributed by atoms with van der Waals surface area (Å²) in [5.74, 6) is 1.47. The Morgan fingerprint density at radius 3 is 2.76 bits per heavy atom. The van der Waals surface area contributed by atoms with E-state index in [0.29, 0.717) is 12.5 Å². The summed E-state index contributed by atoms with van der Waals surface area (Å²) in [4.78, 5) is 9.08. The fourth-order valence-electron chi connectivity index (χ4n) is 1.92. The van der Waals surface area contributed by atoms with Gasteiger partial charge in [-0.3, -0.25) is 0 Å². The van der Waals surface area contributed by atoms with Crippen molar-refractivity contribution in [2.24, 2.45) is 0 Å². The van der Waals surface area contributed by atoms with Crippen LogP contribution in [0.3, 0.4) is 0 Å². The van der Waals surface area contributed by atoms with E-state index in [1.807, 2.05) is 14.0 Å². The van der Waals surface area contributed by atoms with Crippen molar-refractivity contribution in [2.45, 2.75) is 25.8 Å². The maximum Gasteiger partial charge on any atom is 0.220 e. The van der Waals surface area contributed by atoms with Crippen molar-refractivity contribution in [3.63, 3.8) is 0 Å². The summed E-state index contributed by atoms with van der Waals surface area (Å²) in [5.41, 5.74) is 2.16. The Morgan fingerprint density at radius 1 is 1.29 bits per heavy atom. The quantitative estimate of drug-likeness (QED) is 0.845. The van der Waals surface area contributed by atoms with E-state index in [1.165, 1.54) is 0 Å². The van der Waals surface area contributed by atoms with Crippen LogP contribution in [-0.4, -0.2) is 37.3 Å². The lowest BCUT2D eigenvalue weighted by molar-refractivity contribution is 0.146. The number of nitrogens with zero attached hydrogens (tertiary/aromatic N) is 2. The highest BCUT2D eigenvalue weighted by atomic mass is 16.5. The molecule has 1 aliphatic heterocycles. The second kappa shape index (κ2) is 5.42. The molecule has 1 aliphatic rings. The van der Waals surface area contributed by atoms with Gasteiger partial charge >= 0.3 is 0 Å². The second-order valence-electron chi connectivity index (χ2n) is 4.14. The van der Waals surface area contributed by atoms with Crippen LogP contribution < -0.4 is 10.1 Å². The molecule has 2 heterocycles. The van der Waals surface area contributed by atoms with E-state index in [0.717, 1.165) is 36.5 Å². The molecule has 5 heteroatoms. The minimum Gasteiger partial charge on any atom is -0.481 e. The van der Waals surface area contributed by atoms with Gasteiger partial charge in [-0.25, -0.2) is 4.98 Å². The van der Waals surface area contributed by atoms with Gasteiger partial charge in [-0.15, -0.1) is 0 Å². The summed E-state index contributed by atoms with van der Waals surface area (Å²) < 4.78 is 10.8. The third-order valence-electron chi connectivity index (χ3n) is 3.07. The van der Waals surface area contributed by atoms with Crippen molar-refractivity contribution in [3.8, 4) is 5.88 Å². The van der Waals surface area contributed by atoms with Crippen molar-refractivity contribution < 1.29 is 9.47 Å². The van der Waals surface area contributed by atoms with E-state index in [9.17, 15) is 0 Å². The van der Waals surface area contributed by atoms with E-state index in [2.05, 4.69) is 15.3 Å². The zero-order chi connectivity index (χ0) is 12.3. The number of nitrogens with one attached hydrogen (secondary N) is 1. The number of ether oxygens (including phenoxy) is 2. The first-order valence-corrected chi connectivity index (χ1v) is 5.95. The molecule has 0 aliphatic carbocycles. The molecular weight excluding hydrogens is 218 g/mol. The molecule has 0 saturated carbocycles. The van der Waals surface area contributed by atoms with Gasteiger partial charge in [0, 0.05) is 18.4 Å². The van der Waals surface area contributed by atoms with Crippen LogP contribution in [0.4, 0.5) is 0 Å². The molecule has 17 heavy (non-hydrogen) atoms. The van der Waals surface area contributed by atoms with Gasteiger partial charge in [-0.05, 0) is 14.0 Å². The van der Waals surface area contributed by atoms with E-state index in [-0.39, 0.29) is 6.04 Å². The Hall–Kier alpha value is -1.20. The number of rotatable bonds is 3. The lowest BCUT2D eigenvalue weighted by Gasteiger charge is -2.14. The van der Waals surface area contributed by atoms with E-state index >= 15 is 0 Å². The maximum absolute atomic E-state index is 5.46. The average Bonchev–Trinajstić information content (AvgIpc) is 2.61. The number of fused-ring (bicyclic) bond motifs is 1. The van der Waals surface area contributed by atoms with Crippen molar-refractivity contribution >= 4 is 0 Å². The Morgan fingerprint density at radius 2 is 2.06 bits per heavy atom. The molecule has 1 unspecified atom stereocenters. The molecule has 0 bridgehead atoms. The molecule has 1 N–H and O–H groups in total. The van der Waals surface area contributed by atoms with Crippen LogP contribution in [0.15, 0.2) is 0 Å². The molecule has 1 atom stereocenters. The molecule has 2 rings (SSSR count). The summed E-state index contributed by atoms with van der Waals surface area (Å²) in [6.07, 6.45) is 1.66. The largest absolute Gasteiger partial charge is 0.481 e. The van der Waals surface area contributed by atoms with Crippen molar-refractivity contribution in [2.75, 3.05) is 27.4 Å². The monoisotopic (exact) mass is 237 g/mol. The number of methoxy groups -OCH3 is 1. The Bertz CT molecular complexity index is 396. The summed E-state index contributed by atoms with van der Waals surface area (Å²) in [6, 6.07) is 0.123. The van der Waals surface area contributed by atoms with Crippen LogP contribution in [0.25, 0.3) is 0 Å². The molecule has 0 aromatic carbocycles. The van der Waals surface area contributed by atoms with Gasteiger partial charge in [-0.1, -0.05) is 0 Å². The topological polar surface area (TPSA) is 56.3 Å². The van der Waals surface area contributed by atoms with Gasteiger partial charge in [-0.2, -0.15) is 4.98 Å². The third kappa shape index (κ3) is 2.56. The minimum atomic E-state index is 0.123. The number of hydrogen-bond acceptors (Lipinski definition) is 5. The fourth-order valence-corrected chi connectivity index (χ4v) is 1.92. The lowest BCUT2D eigenvalue weighted by Crippen LogP contribution is -2.18. The molecule has 0 radical (unpaired) electrons. The molecule has 94 valence electrons. The standard InChI is InChI=1S/C12H19N3O2/c1-8(13-2)11-14-10-5-7-17-6-4-9(10)12(15-11)16-3/h8,13H,4-7H2,1-3H3. The SMILES string of the molecule is CNC(C)c1nc2c(c(OC)n1)CCOCC2. The van der Waals surface area contributed by atoms with Crippen molar-refractivity contribution in [1.82, 2.24) is 15.3 Å².